The number of halogens is 1. The van der Waals surface area contributed by atoms with Gasteiger partial charge in [0.25, 0.3) is 11.8 Å². The predicted octanol–water partition coefficient (Wildman–Crippen LogP) is 3.04. The van der Waals surface area contributed by atoms with E-state index in [4.69, 9.17) is 0 Å². The third-order valence-corrected chi connectivity index (χ3v) is 5.41. The van der Waals surface area contributed by atoms with Crippen LogP contribution in [0.5, 0.6) is 0 Å². The van der Waals surface area contributed by atoms with Crippen LogP contribution in [0.1, 0.15) is 26.3 Å². The molecule has 11 heteroatoms. The zero-order chi connectivity index (χ0) is 25.1. The summed E-state index contributed by atoms with van der Waals surface area (Å²) in [7, 11) is 0. The fourth-order valence-corrected chi connectivity index (χ4v) is 3.49. The average molecular weight is 482 g/mol. The first-order chi connectivity index (χ1) is 17.5. The molecule has 2 heterocycles. The Bertz CT molecular complexity index is 1510. The molecule has 178 valence electrons. The third kappa shape index (κ3) is 4.71. The summed E-state index contributed by atoms with van der Waals surface area (Å²) in [6.07, 6.45) is 2.97. The van der Waals surface area contributed by atoms with E-state index < -0.39 is 11.8 Å². The minimum Gasteiger partial charge on any atom is -0.267 e. The second-order valence-corrected chi connectivity index (χ2v) is 7.89. The number of hydrogen-bond acceptors (Lipinski definition) is 6. The van der Waals surface area contributed by atoms with Crippen LogP contribution in [-0.4, -0.2) is 41.8 Å². The number of hydrazine groups is 1. The van der Waals surface area contributed by atoms with Crippen molar-refractivity contribution in [2.75, 3.05) is 0 Å². The van der Waals surface area contributed by atoms with Crippen molar-refractivity contribution in [2.24, 2.45) is 0 Å². The Kier molecular flexibility index (Phi) is 6.02. The Morgan fingerprint density at radius 1 is 0.806 bits per heavy atom. The quantitative estimate of drug-likeness (QED) is 0.372. The van der Waals surface area contributed by atoms with Crippen LogP contribution in [0.4, 0.5) is 4.39 Å². The molecule has 0 aliphatic heterocycles. The fraction of sp³-hybridized carbons (Fsp3) is 0.0400. The van der Waals surface area contributed by atoms with E-state index in [2.05, 4.69) is 31.5 Å². The first-order valence-corrected chi connectivity index (χ1v) is 10.8. The van der Waals surface area contributed by atoms with E-state index in [1.54, 1.807) is 36.4 Å². The standard InChI is InChI=1S/C25H19FN8O2/c1-16-2-4-17(5-3-16)23-22(14-33(30-23)20-12-8-19(26)9-13-20)25(36)29-28-24(35)18-6-10-21(11-7-18)34-15-27-31-32-34/h2-15H,1H3,(H,28,35)(H,29,36). The normalized spacial score (nSPS) is 10.7. The van der Waals surface area contributed by atoms with Gasteiger partial charge in [-0.05, 0) is 65.9 Å². The van der Waals surface area contributed by atoms with Gasteiger partial charge in [-0.2, -0.15) is 5.10 Å². The molecule has 0 spiro atoms. The smallest absolute Gasteiger partial charge is 0.267 e. The molecule has 2 amide bonds. The summed E-state index contributed by atoms with van der Waals surface area (Å²) < 4.78 is 16.3. The maximum atomic E-state index is 13.4. The van der Waals surface area contributed by atoms with Crippen molar-refractivity contribution >= 4 is 11.8 Å². The lowest BCUT2D eigenvalue weighted by molar-refractivity contribution is 0.0847. The molecule has 0 radical (unpaired) electrons. The lowest BCUT2D eigenvalue weighted by atomic mass is 10.1. The van der Waals surface area contributed by atoms with E-state index in [-0.39, 0.29) is 11.4 Å². The SMILES string of the molecule is Cc1ccc(-c2nn(-c3ccc(F)cc3)cc2C(=O)NNC(=O)c2ccc(-n3cnnn3)cc2)cc1. The monoisotopic (exact) mass is 482 g/mol. The molecule has 0 saturated carbocycles. The largest absolute Gasteiger partial charge is 0.273 e. The minimum atomic E-state index is -0.558. The number of aryl methyl sites for hydroxylation is 1. The van der Waals surface area contributed by atoms with Crippen molar-refractivity contribution in [3.8, 4) is 22.6 Å². The maximum absolute atomic E-state index is 13.4. The van der Waals surface area contributed by atoms with Crippen LogP contribution in [0.15, 0.2) is 85.3 Å². The van der Waals surface area contributed by atoms with Crippen molar-refractivity contribution in [1.29, 1.82) is 0 Å². The van der Waals surface area contributed by atoms with Crippen molar-refractivity contribution in [2.45, 2.75) is 6.92 Å². The molecule has 0 atom stereocenters. The highest BCUT2D eigenvalue weighted by molar-refractivity contribution is 6.02. The molecular formula is C25H19FN8O2. The van der Waals surface area contributed by atoms with Gasteiger partial charge in [-0.15, -0.1) is 5.10 Å². The Hall–Kier alpha value is -5.19. The molecule has 5 aromatic rings. The van der Waals surface area contributed by atoms with Gasteiger partial charge in [-0.25, -0.2) is 13.8 Å². The van der Waals surface area contributed by atoms with Crippen LogP contribution in [0.25, 0.3) is 22.6 Å². The third-order valence-electron chi connectivity index (χ3n) is 5.41. The molecule has 3 aromatic carbocycles. The Morgan fingerprint density at radius 2 is 1.44 bits per heavy atom. The van der Waals surface area contributed by atoms with Gasteiger partial charge < -0.3 is 0 Å². The topological polar surface area (TPSA) is 120 Å². The summed E-state index contributed by atoms with van der Waals surface area (Å²) in [5.74, 6) is -1.44. The van der Waals surface area contributed by atoms with Gasteiger partial charge in [-0.3, -0.25) is 20.4 Å². The van der Waals surface area contributed by atoms with Crippen LogP contribution < -0.4 is 10.9 Å². The lowest BCUT2D eigenvalue weighted by Gasteiger charge is -2.08. The predicted molar refractivity (Wildman–Crippen MR) is 128 cm³/mol. The summed E-state index contributed by atoms with van der Waals surface area (Å²) in [5.41, 5.74) is 8.88. The Balaban J connectivity index is 1.36. The van der Waals surface area contributed by atoms with Gasteiger partial charge in [0.05, 0.1) is 16.9 Å². The van der Waals surface area contributed by atoms with Gasteiger partial charge >= 0.3 is 0 Å². The van der Waals surface area contributed by atoms with Crippen molar-refractivity contribution in [3.63, 3.8) is 0 Å². The van der Waals surface area contributed by atoms with Crippen molar-refractivity contribution in [3.05, 3.63) is 108 Å². The van der Waals surface area contributed by atoms with Gasteiger partial charge in [0, 0.05) is 17.3 Å². The molecule has 36 heavy (non-hydrogen) atoms. The van der Waals surface area contributed by atoms with Crippen LogP contribution in [-0.2, 0) is 0 Å². The van der Waals surface area contributed by atoms with E-state index >= 15 is 0 Å². The van der Waals surface area contributed by atoms with Gasteiger partial charge in [-0.1, -0.05) is 29.8 Å². The average Bonchev–Trinajstić information content (AvgIpc) is 3.59. The summed E-state index contributed by atoms with van der Waals surface area (Å²) in [5, 5.41) is 15.5. The van der Waals surface area contributed by atoms with E-state index in [0.717, 1.165) is 11.1 Å². The highest BCUT2D eigenvalue weighted by Crippen LogP contribution is 2.24. The highest BCUT2D eigenvalue weighted by Gasteiger charge is 2.19. The number of rotatable bonds is 5. The second kappa shape index (κ2) is 9.58. The van der Waals surface area contributed by atoms with Gasteiger partial charge in [0.1, 0.15) is 17.8 Å². The van der Waals surface area contributed by atoms with E-state index in [0.29, 0.717) is 22.6 Å². The number of amides is 2. The number of carbonyl (C=O) groups excluding carboxylic acids is 2. The molecule has 2 N–H and O–H groups in total. The van der Waals surface area contributed by atoms with Gasteiger partial charge in [0.15, 0.2) is 0 Å². The summed E-state index contributed by atoms with van der Waals surface area (Å²) in [4.78, 5) is 25.7. The number of benzene rings is 3. The molecule has 2 aromatic heterocycles. The Morgan fingerprint density at radius 3 is 2.11 bits per heavy atom. The number of aromatic nitrogens is 6. The summed E-state index contributed by atoms with van der Waals surface area (Å²) >= 11 is 0. The highest BCUT2D eigenvalue weighted by atomic mass is 19.1. The van der Waals surface area contributed by atoms with Crippen LogP contribution in [0, 0.1) is 12.7 Å². The summed E-state index contributed by atoms with van der Waals surface area (Å²) in [6, 6.07) is 19.8. The minimum absolute atomic E-state index is 0.234. The zero-order valence-electron chi connectivity index (χ0n) is 19.0. The van der Waals surface area contributed by atoms with Crippen LogP contribution in [0.2, 0.25) is 0 Å². The molecule has 0 unspecified atom stereocenters. The Labute approximate surface area is 204 Å². The number of hydrogen-bond donors (Lipinski definition) is 2. The van der Waals surface area contributed by atoms with E-state index in [1.165, 1.54) is 34.0 Å². The molecule has 0 fully saturated rings. The second-order valence-electron chi connectivity index (χ2n) is 7.89. The first kappa shape index (κ1) is 22.6. The first-order valence-electron chi connectivity index (χ1n) is 10.8. The number of nitrogens with zero attached hydrogens (tertiary/aromatic N) is 6. The number of carbonyl (C=O) groups is 2. The zero-order valence-corrected chi connectivity index (χ0v) is 19.0. The van der Waals surface area contributed by atoms with Crippen LogP contribution in [0.3, 0.4) is 0 Å². The van der Waals surface area contributed by atoms with Crippen molar-refractivity contribution in [1.82, 2.24) is 40.8 Å². The molecule has 0 aliphatic carbocycles. The summed E-state index contributed by atoms with van der Waals surface area (Å²) in [6.45, 7) is 1.96. The molecule has 10 nitrogen and oxygen atoms in total. The maximum Gasteiger partial charge on any atom is 0.273 e. The van der Waals surface area contributed by atoms with Gasteiger partial charge in [0.2, 0.25) is 0 Å². The molecule has 0 saturated heterocycles. The van der Waals surface area contributed by atoms with Crippen LogP contribution >= 0.6 is 0 Å². The van der Waals surface area contributed by atoms with E-state index in [9.17, 15) is 14.0 Å². The number of tetrazole rings is 1. The molecule has 0 aliphatic rings. The lowest BCUT2D eigenvalue weighted by Crippen LogP contribution is -2.41. The van der Waals surface area contributed by atoms with Crippen molar-refractivity contribution < 1.29 is 14.0 Å². The van der Waals surface area contributed by atoms with E-state index in [1.807, 2.05) is 31.2 Å². The number of nitrogens with one attached hydrogen (secondary N) is 2. The molecular weight excluding hydrogens is 463 g/mol. The molecule has 5 rings (SSSR count). The fourth-order valence-electron chi connectivity index (χ4n) is 3.49. The molecule has 0 bridgehead atoms.